The van der Waals surface area contributed by atoms with Gasteiger partial charge < -0.3 is 19.7 Å². The molecule has 6 heteroatoms. The summed E-state index contributed by atoms with van der Waals surface area (Å²) in [6.45, 7) is 9.71. The Balaban J connectivity index is 4.52. The van der Waals surface area contributed by atoms with Gasteiger partial charge in [-0.1, -0.05) is 19.6 Å². The van der Waals surface area contributed by atoms with Crippen molar-refractivity contribution in [1.82, 2.24) is 0 Å². The van der Waals surface area contributed by atoms with Crippen molar-refractivity contribution in [3.05, 3.63) is 25.3 Å². The molecule has 0 spiro atoms. The summed E-state index contributed by atoms with van der Waals surface area (Å²) in [5.74, 6) is -4.17. The van der Waals surface area contributed by atoms with Gasteiger partial charge in [-0.3, -0.25) is 0 Å². The highest BCUT2D eigenvalue weighted by Gasteiger charge is 2.35. The second-order valence-corrected chi connectivity index (χ2v) is 4.98. The molecule has 0 atom stereocenters. The van der Waals surface area contributed by atoms with Crippen LogP contribution >= 0.6 is 0 Å². The van der Waals surface area contributed by atoms with E-state index in [-0.39, 0.29) is 6.42 Å². The second kappa shape index (κ2) is 7.81. The van der Waals surface area contributed by atoms with E-state index in [1.807, 2.05) is 0 Å². The van der Waals surface area contributed by atoms with E-state index < -0.39 is 23.5 Å². The maximum absolute atomic E-state index is 11.1. The number of carbonyl (C=O) groups is 2. The first kappa shape index (κ1) is 18.3. The number of rotatable bonds is 9. The number of hydrogen-bond donors (Lipinski definition) is 2. The average molecular weight is 286 g/mol. The maximum Gasteiger partial charge on any atom is 0.373 e. The van der Waals surface area contributed by atoms with Gasteiger partial charge in [0.05, 0.1) is 12.0 Å². The molecule has 0 bridgehead atoms. The normalized spacial score (nSPS) is 11.6. The third-order valence-corrected chi connectivity index (χ3v) is 2.38. The fourth-order valence-electron chi connectivity index (χ4n) is 1.43. The first-order chi connectivity index (χ1) is 9.12. The molecule has 0 aromatic rings. The topological polar surface area (TPSA) is 93.1 Å². The van der Waals surface area contributed by atoms with Gasteiger partial charge in [0, 0.05) is 12.2 Å². The fourth-order valence-corrected chi connectivity index (χ4v) is 1.43. The summed E-state index contributed by atoms with van der Waals surface area (Å²) in [6, 6.07) is 0. The van der Waals surface area contributed by atoms with Gasteiger partial charge in [-0.15, -0.1) is 0 Å². The minimum absolute atomic E-state index is 0.109. The van der Waals surface area contributed by atoms with Crippen LogP contribution in [-0.2, 0) is 19.1 Å². The smallest absolute Gasteiger partial charge is 0.373 e. The predicted molar refractivity (Wildman–Crippen MR) is 72.3 cm³/mol. The highest BCUT2D eigenvalue weighted by atomic mass is 16.8. The third-order valence-electron chi connectivity index (χ3n) is 2.38. The monoisotopic (exact) mass is 286 g/mol. The SMILES string of the molecule is C=CC(=O)OC(O)(CCCCC(C)(C)O)OC(=O)C=C. The van der Waals surface area contributed by atoms with Crippen molar-refractivity contribution in [3.63, 3.8) is 0 Å². The standard InChI is InChI=1S/C14H22O6/c1-5-11(15)19-14(18,20-12(16)6-2)10-8-7-9-13(3,4)17/h5-6,17-18H,1-2,7-10H2,3-4H3. The highest BCUT2D eigenvalue weighted by Crippen LogP contribution is 2.21. The first-order valence-electron chi connectivity index (χ1n) is 6.27. The number of carbonyl (C=O) groups excluding carboxylic acids is 2. The van der Waals surface area contributed by atoms with Crippen molar-refractivity contribution >= 4 is 11.9 Å². The van der Waals surface area contributed by atoms with Gasteiger partial charge >= 0.3 is 17.9 Å². The van der Waals surface area contributed by atoms with Crippen LogP contribution in [0.5, 0.6) is 0 Å². The Morgan fingerprint density at radius 1 is 1.00 bits per heavy atom. The lowest BCUT2D eigenvalue weighted by atomic mass is 10.0. The molecule has 0 amide bonds. The van der Waals surface area contributed by atoms with E-state index in [1.165, 1.54) is 0 Å². The van der Waals surface area contributed by atoms with E-state index in [0.717, 1.165) is 12.2 Å². The minimum Gasteiger partial charge on any atom is -0.395 e. The van der Waals surface area contributed by atoms with Gasteiger partial charge in [0.25, 0.3) is 0 Å². The molecule has 0 aliphatic heterocycles. The molecule has 0 saturated heterocycles. The quantitative estimate of drug-likeness (QED) is 0.288. The lowest BCUT2D eigenvalue weighted by Crippen LogP contribution is -2.39. The van der Waals surface area contributed by atoms with E-state index in [4.69, 9.17) is 0 Å². The van der Waals surface area contributed by atoms with Crippen LogP contribution in [0.3, 0.4) is 0 Å². The molecular formula is C14H22O6. The number of unbranched alkanes of at least 4 members (excludes halogenated alkanes) is 1. The zero-order valence-corrected chi connectivity index (χ0v) is 11.9. The average Bonchev–Trinajstić information content (AvgIpc) is 2.33. The predicted octanol–water partition coefficient (Wildman–Crippen LogP) is 1.42. The number of hydrogen-bond acceptors (Lipinski definition) is 6. The molecule has 2 N–H and O–H groups in total. The van der Waals surface area contributed by atoms with E-state index in [9.17, 15) is 19.8 Å². The molecule has 0 radical (unpaired) electrons. The van der Waals surface area contributed by atoms with Crippen LogP contribution in [0.2, 0.25) is 0 Å². The molecule has 6 nitrogen and oxygen atoms in total. The molecule has 0 heterocycles. The molecule has 0 aliphatic rings. The van der Waals surface area contributed by atoms with E-state index >= 15 is 0 Å². The Hall–Kier alpha value is -1.66. The minimum atomic E-state index is -2.35. The Kier molecular flexibility index (Phi) is 7.17. The number of ether oxygens (including phenoxy) is 2. The molecule has 0 fully saturated rings. The van der Waals surface area contributed by atoms with Crippen LogP contribution < -0.4 is 0 Å². The molecule has 0 aliphatic carbocycles. The molecule has 0 unspecified atom stereocenters. The zero-order chi connectivity index (χ0) is 15.8. The summed E-state index contributed by atoms with van der Waals surface area (Å²) in [4.78, 5) is 22.3. The maximum atomic E-state index is 11.1. The van der Waals surface area contributed by atoms with Crippen LogP contribution in [0, 0.1) is 0 Å². The van der Waals surface area contributed by atoms with Crippen LogP contribution in [0.1, 0.15) is 39.5 Å². The Morgan fingerprint density at radius 2 is 1.40 bits per heavy atom. The van der Waals surface area contributed by atoms with Gasteiger partial charge in [0.2, 0.25) is 0 Å². The summed E-state index contributed by atoms with van der Waals surface area (Å²) in [5, 5.41) is 19.6. The molecule has 0 aromatic carbocycles. The molecule has 20 heavy (non-hydrogen) atoms. The van der Waals surface area contributed by atoms with Crippen molar-refractivity contribution in [3.8, 4) is 0 Å². The summed E-state index contributed by atoms with van der Waals surface area (Å²) in [5.41, 5.74) is -0.826. The van der Waals surface area contributed by atoms with E-state index in [1.54, 1.807) is 13.8 Å². The van der Waals surface area contributed by atoms with Gasteiger partial charge in [0.1, 0.15) is 0 Å². The Bertz CT molecular complexity index is 344. The molecule has 114 valence electrons. The Labute approximate surface area is 118 Å². The van der Waals surface area contributed by atoms with Gasteiger partial charge in [-0.05, 0) is 26.7 Å². The summed E-state index contributed by atoms with van der Waals surface area (Å²) in [7, 11) is 0. The lowest BCUT2D eigenvalue weighted by Gasteiger charge is -2.26. The van der Waals surface area contributed by atoms with Gasteiger partial charge in [0.15, 0.2) is 0 Å². The summed E-state index contributed by atoms with van der Waals surface area (Å²) in [6.07, 6.45) is 3.03. The van der Waals surface area contributed by atoms with Crippen molar-refractivity contribution in [2.75, 3.05) is 0 Å². The molecule has 0 aromatic heterocycles. The molecule has 0 rings (SSSR count). The molecular weight excluding hydrogens is 264 g/mol. The number of esters is 2. The van der Waals surface area contributed by atoms with Crippen molar-refractivity contribution in [1.29, 1.82) is 0 Å². The highest BCUT2D eigenvalue weighted by molar-refractivity contribution is 5.83. The molecule has 0 saturated carbocycles. The van der Waals surface area contributed by atoms with Crippen LogP contribution in [0.15, 0.2) is 25.3 Å². The summed E-state index contributed by atoms with van der Waals surface area (Å²) >= 11 is 0. The van der Waals surface area contributed by atoms with E-state index in [2.05, 4.69) is 22.6 Å². The van der Waals surface area contributed by atoms with Gasteiger partial charge in [-0.2, -0.15) is 0 Å². The second-order valence-electron chi connectivity index (χ2n) is 4.98. The lowest BCUT2D eigenvalue weighted by molar-refractivity contribution is -0.324. The van der Waals surface area contributed by atoms with E-state index in [0.29, 0.717) is 19.3 Å². The largest absolute Gasteiger partial charge is 0.395 e. The van der Waals surface area contributed by atoms with Crippen molar-refractivity contribution < 1.29 is 29.3 Å². The Morgan fingerprint density at radius 3 is 1.75 bits per heavy atom. The van der Waals surface area contributed by atoms with Crippen LogP contribution in [0.25, 0.3) is 0 Å². The van der Waals surface area contributed by atoms with Crippen molar-refractivity contribution in [2.45, 2.75) is 51.1 Å². The third kappa shape index (κ3) is 8.44. The van der Waals surface area contributed by atoms with Crippen LogP contribution in [0.4, 0.5) is 0 Å². The number of aliphatic hydroxyl groups is 2. The first-order valence-corrected chi connectivity index (χ1v) is 6.27. The fraction of sp³-hybridized carbons (Fsp3) is 0.571. The zero-order valence-electron chi connectivity index (χ0n) is 11.9. The summed E-state index contributed by atoms with van der Waals surface area (Å²) < 4.78 is 9.27. The van der Waals surface area contributed by atoms with Crippen LogP contribution in [-0.4, -0.2) is 33.7 Å². The van der Waals surface area contributed by atoms with Crippen molar-refractivity contribution in [2.24, 2.45) is 0 Å². The van der Waals surface area contributed by atoms with Gasteiger partial charge in [-0.25, -0.2) is 9.59 Å².